The number of benzene rings is 3. The molecule has 0 aliphatic carbocycles. The second-order valence-corrected chi connectivity index (χ2v) is 7.71. The molecule has 0 bridgehead atoms. The summed E-state index contributed by atoms with van der Waals surface area (Å²) in [6.07, 6.45) is 0. The van der Waals surface area contributed by atoms with E-state index in [0.717, 1.165) is 16.0 Å². The highest BCUT2D eigenvalue weighted by Gasteiger charge is 2.11. The molecular weight excluding hydrogens is 412 g/mol. The Morgan fingerprint density at radius 1 is 0.935 bits per heavy atom. The summed E-state index contributed by atoms with van der Waals surface area (Å²) in [5.41, 5.74) is 1.82. The van der Waals surface area contributed by atoms with Crippen molar-refractivity contribution in [3.05, 3.63) is 88.7 Å². The van der Waals surface area contributed by atoms with Gasteiger partial charge >= 0.3 is 5.97 Å². The average molecular weight is 433 g/mol. The molecule has 0 fully saturated rings. The van der Waals surface area contributed by atoms with Crippen molar-refractivity contribution in [3.63, 3.8) is 0 Å². The monoisotopic (exact) mass is 432 g/mol. The molecule has 156 valence electrons. The molecule has 0 unspecified atom stereocenters. The molecule has 0 aliphatic heterocycles. The summed E-state index contributed by atoms with van der Waals surface area (Å²) in [7, 11) is 1.84. The van der Waals surface area contributed by atoms with E-state index in [2.05, 4.69) is 4.99 Å². The van der Waals surface area contributed by atoms with E-state index < -0.39 is 0 Å². The van der Waals surface area contributed by atoms with Gasteiger partial charge in [-0.25, -0.2) is 4.79 Å². The summed E-state index contributed by atoms with van der Waals surface area (Å²) in [6.45, 7) is 2.09. The fraction of sp³-hybridized carbons (Fsp3) is 0.125. The van der Waals surface area contributed by atoms with Gasteiger partial charge in [0.05, 0.1) is 22.4 Å². The van der Waals surface area contributed by atoms with Gasteiger partial charge in [0.15, 0.2) is 4.80 Å². The second kappa shape index (κ2) is 8.97. The first-order valence-corrected chi connectivity index (χ1v) is 10.6. The Morgan fingerprint density at radius 2 is 1.61 bits per heavy atom. The highest BCUT2D eigenvalue weighted by molar-refractivity contribution is 7.16. The van der Waals surface area contributed by atoms with Crippen LogP contribution in [0.3, 0.4) is 0 Å². The molecule has 1 aromatic heterocycles. The number of ether oxygens (including phenoxy) is 2. The lowest BCUT2D eigenvalue weighted by Gasteiger charge is -2.05. The van der Waals surface area contributed by atoms with Crippen molar-refractivity contribution >= 4 is 33.4 Å². The van der Waals surface area contributed by atoms with Gasteiger partial charge in [-0.05, 0) is 61.5 Å². The number of esters is 1. The van der Waals surface area contributed by atoms with Crippen molar-refractivity contribution in [2.75, 3.05) is 6.61 Å². The van der Waals surface area contributed by atoms with Gasteiger partial charge in [0.1, 0.15) is 11.5 Å². The van der Waals surface area contributed by atoms with Crippen LogP contribution in [0.4, 0.5) is 0 Å². The Hall–Kier alpha value is -3.71. The molecule has 0 radical (unpaired) electrons. The number of hydrogen-bond acceptors (Lipinski definition) is 5. The number of fused-ring (bicyclic) bond motifs is 1. The van der Waals surface area contributed by atoms with Crippen LogP contribution in [0.15, 0.2) is 77.8 Å². The molecule has 0 saturated heterocycles. The molecular formula is C24H20N2O4S. The molecule has 4 rings (SSSR count). The van der Waals surface area contributed by atoms with Crippen LogP contribution < -0.4 is 9.54 Å². The van der Waals surface area contributed by atoms with E-state index in [9.17, 15) is 9.59 Å². The first kappa shape index (κ1) is 20.6. The molecule has 6 nitrogen and oxygen atoms in total. The average Bonchev–Trinajstić information content (AvgIpc) is 3.09. The van der Waals surface area contributed by atoms with Crippen LogP contribution in [0, 0.1) is 0 Å². The van der Waals surface area contributed by atoms with E-state index in [1.54, 1.807) is 43.3 Å². The maximum Gasteiger partial charge on any atom is 0.338 e. The normalized spacial score (nSPS) is 11.5. The maximum absolute atomic E-state index is 12.7. The number of carbonyl (C=O) groups is 2. The Labute approximate surface area is 183 Å². The van der Waals surface area contributed by atoms with E-state index >= 15 is 0 Å². The van der Waals surface area contributed by atoms with Gasteiger partial charge in [-0.15, -0.1) is 0 Å². The minimum absolute atomic E-state index is 0.319. The third-order valence-corrected chi connectivity index (χ3v) is 5.69. The Bertz CT molecular complexity index is 1310. The summed E-state index contributed by atoms with van der Waals surface area (Å²) < 4.78 is 13.5. The van der Waals surface area contributed by atoms with Gasteiger partial charge in [0.25, 0.3) is 5.91 Å². The zero-order valence-corrected chi connectivity index (χ0v) is 17.9. The Morgan fingerprint density at radius 3 is 2.32 bits per heavy atom. The van der Waals surface area contributed by atoms with Gasteiger partial charge < -0.3 is 14.0 Å². The van der Waals surface area contributed by atoms with Gasteiger partial charge in [-0.2, -0.15) is 4.99 Å². The van der Waals surface area contributed by atoms with Crippen molar-refractivity contribution in [1.29, 1.82) is 0 Å². The van der Waals surface area contributed by atoms with Crippen LogP contribution in [0.25, 0.3) is 10.2 Å². The van der Waals surface area contributed by atoms with E-state index in [0.29, 0.717) is 28.3 Å². The van der Waals surface area contributed by atoms with Gasteiger partial charge in [-0.1, -0.05) is 29.5 Å². The third kappa shape index (κ3) is 4.57. The van der Waals surface area contributed by atoms with Crippen molar-refractivity contribution in [3.8, 4) is 11.5 Å². The zero-order valence-electron chi connectivity index (χ0n) is 17.1. The number of rotatable bonds is 5. The first-order valence-electron chi connectivity index (χ1n) is 9.74. The van der Waals surface area contributed by atoms with Crippen molar-refractivity contribution < 1.29 is 19.1 Å². The number of nitrogens with zero attached hydrogens (tertiary/aromatic N) is 2. The van der Waals surface area contributed by atoms with Gasteiger partial charge in [0, 0.05) is 12.6 Å². The maximum atomic E-state index is 12.7. The molecule has 7 heteroatoms. The molecule has 0 N–H and O–H groups in total. The summed E-state index contributed by atoms with van der Waals surface area (Å²) in [4.78, 5) is 29.5. The topological polar surface area (TPSA) is 69.9 Å². The Kier molecular flexibility index (Phi) is 5.95. The summed E-state index contributed by atoms with van der Waals surface area (Å²) in [6, 6.07) is 21.6. The van der Waals surface area contributed by atoms with Crippen LogP contribution in [0.1, 0.15) is 27.6 Å². The van der Waals surface area contributed by atoms with Crippen LogP contribution in [-0.4, -0.2) is 23.1 Å². The predicted octanol–water partition coefficient (Wildman–Crippen LogP) is 4.95. The molecule has 0 saturated carbocycles. The molecule has 0 spiro atoms. The standard InChI is InChI=1S/C24H20N2O4S/c1-3-29-23(28)17-11-14-20-21(15-17)31-24(26(20)2)25-22(27)16-9-12-19(13-10-16)30-18-7-5-4-6-8-18/h4-15H,3H2,1-2H3. The number of hydrogen-bond donors (Lipinski definition) is 0. The van der Waals surface area contributed by atoms with E-state index in [1.807, 2.05) is 48.0 Å². The van der Waals surface area contributed by atoms with E-state index in [-0.39, 0.29) is 11.9 Å². The number of para-hydroxylation sites is 1. The van der Waals surface area contributed by atoms with Crippen LogP contribution in [0.5, 0.6) is 11.5 Å². The first-order chi connectivity index (χ1) is 15.0. The van der Waals surface area contributed by atoms with Crippen molar-refractivity contribution in [1.82, 2.24) is 4.57 Å². The number of amides is 1. The SMILES string of the molecule is CCOC(=O)c1ccc2c(c1)sc(=NC(=O)c1ccc(Oc3ccccc3)cc1)n2C. The Balaban J connectivity index is 1.58. The number of thiazole rings is 1. The fourth-order valence-corrected chi connectivity index (χ4v) is 4.08. The van der Waals surface area contributed by atoms with Gasteiger partial charge in [0.2, 0.25) is 0 Å². The zero-order chi connectivity index (χ0) is 21.8. The number of carbonyl (C=O) groups excluding carboxylic acids is 2. The lowest BCUT2D eigenvalue weighted by molar-refractivity contribution is 0.0526. The van der Waals surface area contributed by atoms with E-state index in [1.165, 1.54) is 11.3 Å². The fourth-order valence-electron chi connectivity index (χ4n) is 3.02. The minimum atomic E-state index is -0.368. The molecule has 4 aromatic rings. The third-order valence-electron chi connectivity index (χ3n) is 4.60. The summed E-state index contributed by atoms with van der Waals surface area (Å²) in [5.74, 6) is 0.652. The van der Waals surface area contributed by atoms with Crippen LogP contribution in [-0.2, 0) is 11.8 Å². The largest absolute Gasteiger partial charge is 0.462 e. The second-order valence-electron chi connectivity index (χ2n) is 6.70. The van der Waals surface area contributed by atoms with Crippen molar-refractivity contribution in [2.24, 2.45) is 12.0 Å². The van der Waals surface area contributed by atoms with Crippen LogP contribution >= 0.6 is 11.3 Å². The molecule has 1 heterocycles. The number of aromatic nitrogens is 1. The lowest BCUT2D eigenvalue weighted by Crippen LogP contribution is -2.13. The van der Waals surface area contributed by atoms with Crippen LogP contribution in [0.2, 0.25) is 0 Å². The quantitative estimate of drug-likeness (QED) is 0.419. The summed E-state index contributed by atoms with van der Waals surface area (Å²) >= 11 is 1.34. The lowest BCUT2D eigenvalue weighted by atomic mass is 10.2. The summed E-state index contributed by atoms with van der Waals surface area (Å²) in [5, 5.41) is 0. The van der Waals surface area contributed by atoms with Crippen molar-refractivity contribution in [2.45, 2.75) is 6.92 Å². The predicted molar refractivity (Wildman–Crippen MR) is 120 cm³/mol. The molecule has 31 heavy (non-hydrogen) atoms. The molecule has 3 aromatic carbocycles. The highest BCUT2D eigenvalue weighted by atomic mass is 32.1. The van der Waals surface area contributed by atoms with Gasteiger partial charge in [-0.3, -0.25) is 4.79 Å². The molecule has 0 aliphatic rings. The smallest absolute Gasteiger partial charge is 0.338 e. The minimum Gasteiger partial charge on any atom is -0.462 e. The van der Waals surface area contributed by atoms with E-state index in [4.69, 9.17) is 9.47 Å². The molecule has 1 amide bonds. The highest BCUT2D eigenvalue weighted by Crippen LogP contribution is 2.22. The number of aryl methyl sites for hydroxylation is 1. The molecule has 0 atom stereocenters.